The Labute approximate surface area is 221 Å². The zero-order chi connectivity index (χ0) is 27.0. The third-order valence-corrected chi connectivity index (χ3v) is 7.03. The molecule has 2 atom stereocenters. The van der Waals surface area contributed by atoms with Crippen molar-refractivity contribution in [1.82, 2.24) is 20.3 Å². The van der Waals surface area contributed by atoms with E-state index in [-0.39, 0.29) is 5.82 Å². The molecule has 2 heterocycles. The van der Waals surface area contributed by atoms with Gasteiger partial charge in [0.15, 0.2) is 0 Å². The number of hydrogen-bond acceptors (Lipinski definition) is 5. The SMILES string of the molecule is Cc1ncc(-c2nc(-c3ccccc3)c(NC(=O)N[C@@H]3c4ccc(F)cc4C(C)(C)C[C@@H]3O)cc2C)cn1. The maximum atomic E-state index is 14.1. The van der Waals surface area contributed by atoms with E-state index in [0.29, 0.717) is 29.2 Å². The van der Waals surface area contributed by atoms with Gasteiger partial charge in [0.1, 0.15) is 11.6 Å². The van der Waals surface area contributed by atoms with Crippen LogP contribution in [0, 0.1) is 19.7 Å². The lowest BCUT2D eigenvalue weighted by atomic mass is 9.69. The highest BCUT2D eigenvalue weighted by Gasteiger charge is 2.39. The number of aliphatic hydroxyl groups is 1. The molecule has 38 heavy (non-hydrogen) atoms. The van der Waals surface area contributed by atoms with Crippen LogP contribution in [0.1, 0.15) is 48.8 Å². The first kappa shape index (κ1) is 25.5. The van der Waals surface area contributed by atoms with Crippen LogP contribution in [0.15, 0.2) is 67.0 Å². The first-order valence-corrected chi connectivity index (χ1v) is 12.5. The summed E-state index contributed by atoms with van der Waals surface area (Å²) in [6.45, 7) is 7.67. The Balaban J connectivity index is 1.48. The van der Waals surface area contributed by atoms with E-state index in [1.807, 2.05) is 64.1 Å². The number of amides is 2. The molecule has 1 aliphatic carbocycles. The summed E-state index contributed by atoms with van der Waals surface area (Å²) in [4.78, 5) is 26.8. The quantitative estimate of drug-likeness (QED) is 0.318. The number of benzene rings is 2. The van der Waals surface area contributed by atoms with Crippen LogP contribution in [0.5, 0.6) is 0 Å². The molecule has 0 unspecified atom stereocenters. The molecule has 0 bridgehead atoms. The van der Waals surface area contributed by atoms with Crippen LogP contribution in [0.2, 0.25) is 0 Å². The molecule has 2 aromatic carbocycles. The van der Waals surface area contributed by atoms with Gasteiger partial charge in [-0.1, -0.05) is 50.2 Å². The number of aromatic nitrogens is 3. The van der Waals surface area contributed by atoms with Crippen LogP contribution in [0.25, 0.3) is 22.5 Å². The molecule has 2 amide bonds. The van der Waals surface area contributed by atoms with Gasteiger partial charge in [-0.3, -0.25) is 0 Å². The largest absolute Gasteiger partial charge is 0.391 e. The minimum atomic E-state index is -0.828. The molecule has 7 nitrogen and oxygen atoms in total. The van der Waals surface area contributed by atoms with E-state index in [1.165, 1.54) is 12.1 Å². The highest BCUT2D eigenvalue weighted by molar-refractivity contribution is 5.94. The summed E-state index contributed by atoms with van der Waals surface area (Å²) in [6, 6.07) is 14.8. The standard InChI is InChI=1S/C30H30FN5O2/c1-17-12-24(27(19-8-6-5-7-9-19)35-26(17)20-15-32-18(2)33-16-20)34-29(38)36-28-22-11-10-21(31)13-23(22)30(3,4)14-25(28)37/h5-13,15-16,25,28,37H,14H2,1-4H3,(H2,34,36,38)/t25-,28+/m0/s1. The number of aliphatic hydroxyl groups excluding tert-OH is 1. The fourth-order valence-corrected chi connectivity index (χ4v) is 5.15. The van der Waals surface area contributed by atoms with Crippen LogP contribution >= 0.6 is 0 Å². The summed E-state index contributed by atoms with van der Waals surface area (Å²) in [5.74, 6) is 0.326. The van der Waals surface area contributed by atoms with Gasteiger partial charge in [-0.2, -0.15) is 0 Å². The topological polar surface area (TPSA) is 100 Å². The van der Waals surface area contributed by atoms with Crippen molar-refractivity contribution in [2.24, 2.45) is 0 Å². The highest BCUT2D eigenvalue weighted by Crippen LogP contribution is 2.42. The first-order valence-electron chi connectivity index (χ1n) is 12.5. The third kappa shape index (κ3) is 4.99. The van der Waals surface area contributed by atoms with Crippen molar-refractivity contribution in [2.45, 2.75) is 51.7 Å². The molecule has 194 valence electrons. The highest BCUT2D eigenvalue weighted by atomic mass is 19.1. The lowest BCUT2D eigenvalue weighted by Gasteiger charge is -2.40. The van der Waals surface area contributed by atoms with Gasteiger partial charge in [0, 0.05) is 23.5 Å². The molecule has 0 aliphatic heterocycles. The Morgan fingerprint density at radius 1 is 1.00 bits per heavy atom. The van der Waals surface area contributed by atoms with Crippen LogP contribution in [-0.4, -0.2) is 32.2 Å². The van der Waals surface area contributed by atoms with E-state index in [0.717, 1.165) is 27.9 Å². The van der Waals surface area contributed by atoms with Crippen molar-refractivity contribution in [3.8, 4) is 22.5 Å². The number of carbonyl (C=O) groups is 1. The Morgan fingerprint density at radius 3 is 2.42 bits per heavy atom. The molecule has 2 aromatic heterocycles. The van der Waals surface area contributed by atoms with Gasteiger partial charge in [0.05, 0.1) is 29.2 Å². The predicted molar refractivity (Wildman–Crippen MR) is 145 cm³/mol. The minimum Gasteiger partial charge on any atom is -0.391 e. The van der Waals surface area contributed by atoms with E-state index < -0.39 is 23.6 Å². The van der Waals surface area contributed by atoms with Crippen LogP contribution in [0.3, 0.4) is 0 Å². The zero-order valence-corrected chi connectivity index (χ0v) is 21.8. The lowest BCUT2D eigenvalue weighted by molar-refractivity contribution is 0.0881. The van der Waals surface area contributed by atoms with Crippen LogP contribution in [0.4, 0.5) is 14.9 Å². The molecule has 0 radical (unpaired) electrons. The molecule has 0 saturated heterocycles. The second kappa shape index (κ2) is 9.95. The number of anilines is 1. The minimum absolute atomic E-state index is 0.343. The number of pyridine rings is 1. The molecule has 8 heteroatoms. The van der Waals surface area contributed by atoms with E-state index in [1.54, 1.807) is 18.5 Å². The number of rotatable bonds is 4. The van der Waals surface area contributed by atoms with Crippen molar-refractivity contribution in [1.29, 1.82) is 0 Å². The summed E-state index contributed by atoms with van der Waals surface area (Å²) < 4.78 is 14.1. The number of halogens is 1. The normalized spacial score (nSPS) is 17.9. The van der Waals surface area contributed by atoms with Gasteiger partial charge in [0.25, 0.3) is 0 Å². The number of nitrogens with zero attached hydrogens (tertiary/aromatic N) is 3. The molecule has 1 aliphatic rings. The van der Waals surface area contributed by atoms with Gasteiger partial charge < -0.3 is 15.7 Å². The van der Waals surface area contributed by atoms with Crippen molar-refractivity contribution in [3.05, 3.63) is 95.3 Å². The van der Waals surface area contributed by atoms with Gasteiger partial charge in [-0.15, -0.1) is 0 Å². The number of aryl methyl sites for hydroxylation is 2. The molecule has 3 N–H and O–H groups in total. The zero-order valence-electron chi connectivity index (χ0n) is 21.8. The van der Waals surface area contributed by atoms with Crippen LogP contribution in [-0.2, 0) is 5.41 Å². The Hall–Kier alpha value is -4.17. The molecule has 4 aromatic rings. The Bertz CT molecular complexity index is 1490. The summed E-state index contributed by atoms with van der Waals surface area (Å²) in [7, 11) is 0. The molecule has 5 rings (SSSR count). The van der Waals surface area contributed by atoms with E-state index in [4.69, 9.17) is 4.98 Å². The summed E-state index contributed by atoms with van der Waals surface area (Å²) in [6.07, 6.45) is 3.03. The summed E-state index contributed by atoms with van der Waals surface area (Å²) in [5.41, 5.74) is 5.34. The second-order valence-electron chi connectivity index (χ2n) is 10.4. The second-order valence-corrected chi connectivity index (χ2v) is 10.4. The first-order chi connectivity index (χ1) is 18.1. The van der Waals surface area contributed by atoms with Crippen molar-refractivity contribution in [2.75, 3.05) is 5.32 Å². The number of nitrogens with one attached hydrogen (secondary N) is 2. The monoisotopic (exact) mass is 511 g/mol. The van der Waals surface area contributed by atoms with Gasteiger partial charge in [0.2, 0.25) is 0 Å². The molecular weight excluding hydrogens is 481 g/mol. The average molecular weight is 512 g/mol. The third-order valence-electron chi connectivity index (χ3n) is 7.03. The lowest BCUT2D eigenvalue weighted by Crippen LogP contribution is -2.45. The van der Waals surface area contributed by atoms with Crippen molar-refractivity contribution >= 4 is 11.7 Å². The van der Waals surface area contributed by atoms with Crippen LogP contribution < -0.4 is 10.6 Å². The van der Waals surface area contributed by atoms with E-state index in [2.05, 4.69) is 20.6 Å². The molecule has 0 fully saturated rings. The predicted octanol–water partition coefficient (Wildman–Crippen LogP) is 5.87. The van der Waals surface area contributed by atoms with E-state index >= 15 is 0 Å². The molecule has 0 spiro atoms. The van der Waals surface area contributed by atoms with E-state index in [9.17, 15) is 14.3 Å². The van der Waals surface area contributed by atoms with Gasteiger partial charge in [-0.05, 0) is 60.6 Å². The van der Waals surface area contributed by atoms with Crippen molar-refractivity contribution in [3.63, 3.8) is 0 Å². The Morgan fingerprint density at radius 2 is 1.71 bits per heavy atom. The summed E-state index contributed by atoms with van der Waals surface area (Å²) in [5, 5.41) is 16.8. The molecule has 0 saturated carbocycles. The Kier molecular flexibility index (Phi) is 6.67. The number of urea groups is 1. The van der Waals surface area contributed by atoms with Gasteiger partial charge in [-0.25, -0.2) is 24.1 Å². The van der Waals surface area contributed by atoms with Crippen molar-refractivity contribution < 1.29 is 14.3 Å². The number of hydrogen-bond donors (Lipinski definition) is 3. The molecular formula is C30H30FN5O2. The number of carbonyl (C=O) groups excluding carboxylic acids is 1. The maximum absolute atomic E-state index is 14.1. The maximum Gasteiger partial charge on any atom is 0.319 e. The summed E-state index contributed by atoms with van der Waals surface area (Å²) >= 11 is 0. The smallest absolute Gasteiger partial charge is 0.319 e. The average Bonchev–Trinajstić information content (AvgIpc) is 2.88. The fourth-order valence-electron chi connectivity index (χ4n) is 5.15. The number of fused-ring (bicyclic) bond motifs is 1. The fraction of sp³-hybridized carbons (Fsp3) is 0.267. The van der Waals surface area contributed by atoms with Gasteiger partial charge >= 0.3 is 6.03 Å².